The quantitative estimate of drug-likeness (QED) is 0.116. The molecular formula is C38H36ClN5O5S2. The number of halogens is 1. The zero-order chi connectivity index (χ0) is 36.7. The highest BCUT2D eigenvalue weighted by Crippen LogP contribution is 2.38. The summed E-state index contributed by atoms with van der Waals surface area (Å²) in [6.07, 6.45) is 1.63. The van der Waals surface area contributed by atoms with Crippen molar-refractivity contribution in [3.63, 3.8) is 0 Å². The van der Waals surface area contributed by atoms with Crippen molar-refractivity contribution in [2.75, 3.05) is 17.2 Å². The summed E-state index contributed by atoms with van der Waals surface area (Å²) in [5.74, 6) is -1.29. The van der Waals surface area contributed by atoms with Crippen LogP contribution in [0.25, 0.3) is 6.08 Å². The molecule has 1 atom stereocenters. The van der Waals surface area contributed by atoms with E-state index in [-0.39, 0.29) is 11.6 Å². The van der Waals surface area contributed by atoms with Crippen LogP contribution < -0.4 is 16.0 Å². The zero-order valence-corrected chi connectivity index (χ0v) is 30.8. The Kier molecular flexibility index (Phi) is 11.9. The Hall–Kier alpha value is -5.09. The average molecular weight is 742 g/mol. The van der Waals surface area contributed by atoms with Crippen molar-refractivity contribution in [1.82, 2.24) is 10.2 Å². The van der Waals surface area contributed by atoms with Gasteiger partial charge in [0.25, 0.3) is 11.8 Å². The Bertz CT molecular complexity index is 2020. The minimum Gasteiger partial charge on any atom is -0.444 e. The van der Waals surface area contributed by atoms with Crippen LogP contribution in [0.4, 0.5) is 15.5 Å². The fourth-order valence-corrected chi connectivity index (χ4v) is 7.35. The lowest BCUT2D eigenvalue weighted by Gasteiger charge is -2.29. The number of carbonyl (C=O) groups excluding carboxylic acids is 4. The van der Waals surface area contributed by atoms with Crippen molar-refractivity contribution in [1.29, 1.82) is 5.26 Å². The molecule has 0 saturated carbocycles. The second-order valence-electron chi connectivity index (χ2n) is 12.6. The summed E-state index contributed by atoms with van der Waals surface area (Å²) in [5.41, 5.74) is 2.17. The first-order valence-electron chi connectivity index (χ1n) is 16.0. The van der Waals surface area contributed by atoms with Crippen molar-refractivity contribution in [3.05, 3.63) is 117 Å². The number of thiophene rings is 1. The van der Waals surface area contributed by atoms with E-state index in [1.165, 1.54) is 23.1 Å². The summed E-state index contributed by atoms with van der Waals surface area (Å²) in [6, 6.07) is 24.7. The first-order valence-corrected chi connectivity index (χ1v) is 18.1. The Labute approximate surface area is 309 Å². The number of carbonyl (C=O) groups is 4. The molecule has 4 aromatic rings. The van der Waals surface area contributed by atoms with Gasteiger partial charge in [0.2, 0.25) is 5.91 Å². The van der Waals surface area contributed by atoms with E-state index in [9.17, 15) is 24.4 Å². The number of hydrogen-bond donors (Lipinski definition) is 3. The SMILES string of the molecule is CC(Sc1cccc(NC(=O)/C(=C\c2ccc(Cl)cc2)NC(=O)c2ccccc2)c1)C(=O)Nc1sc2c(c1C#N)CCN(C(=O)OC(C)(C)C)C2. The van der Waals surface area contributed by atoms with Gasteiger partial charge in [-0.2, -0.15) is 5.26 Å². The molecule has 0 radical (unpaired) electrons. The third-order valence-corrected chi connectivity index (χ3v) is 10.0. The Morgan fingerprint density at radius 2 is 1.75 bits per heavy atom. The van der Waals surface area contributed by atoms with E-state index in [0.717, 1.165) is 10.4 Å². The van der Waals surface area contributed by atoms with Crippen LogP contribution in [0.1, 0.15) is 59.6 Å². The van der Waals surface area contributed by atoms with Crippen LogP contribution in [-0.2, 0) is 27.3 Å². The van der Waals surface area contributed by atoms with Gasteiger partial charge in [-0.05, 0) is 93.8 Å². The number of nitriles is 1. The number of fused-ring (bicyclic) bond motifs is 1. The van der Waals surface area contributed by atoms with Crippen LogP contribution in [-0.4, -0.2) is 46.1 Å². The van der Waals surface area contributed by atoms with E-state index in [2.05, 4.69) is 22.0 Å². The molecule has 10 nitrogen and oxygen atoms in total. The molecule has 1 aliphatic heterocycles. The molecule has 1 unspecified atom stereocenters. The Morgan fingerprint density at radius 1 is 1.02 bits per heavy atom. The lowest BCUT2D eigenvalue weighted by Crippen LogP contribution is -2.39. The maximum atomic E-state index is 13.5. The number of rotatable bonds is 9. The Balaban J connectivity index is 1.25. The molecule has 0 bridgehead atoms. The van der Waals surface area contributed by atoms with E-state index in [1.54, 1.807) is 90.7 Å². The topological polar surface area (TPSA) is 141 Å². The van der Waals surface area contributed by atoms with Gasteiger partial charge in [0.05, 0.1) is 17.4 Å². The van der Waals surface area contributed by atoms with Crippen molar-refractivity contribution in [2.45, 2.75) is 56.4 Å². The molecule has 3 aromatic carbocycles. The lowest BCUT2D eigenvalue weighted by atomic mass is 10.0. The molecule has 0 spiro atoms. The molecule has 2 heterocycles. The number of amides is 4. The molecule has 51 heavy (non-hydrogen) atoms. The number of nitrogens with one attached hydrogen (secondary N) is 3. The monoisotopic (exact) mass is 741 g/mol. The molecule has 0 saturated heterocycles. The third-order valence-electron chi connectivity index (χ3n) is 7.54. The summed E-state index contributed by atoms with van der Waals surface area (Å²) in [5, 5.41) is 18.8. The second kappa shape index (κ2) is 16.3. The van der Waals surface area contributed by atoms with Gasteiger partial charge < -0.3 is 25.6 Å². The molecule has 3 N–H and O–H groups in total. The predicted octanol–water partition coefficient (Wildman–Crippen LogP) is 8.10. The lowest BCUT2D eigenvalue weighted by molar-refractivity contribution is -0.115. The highest BCUT2D eigenvalue weighted by Gasteiger charge is 2.30. The minimum absolute atomic E-state index is 0.0261. The standard InChI is InChI=1S/C38H36ClN5O5S2/c1-23(33(45)43-36-30(21-40)29-17-18-44(22-32(29)51-36)37(48)49-38(2,3)4)50-28-12-8-11-27(20-28)41-35(47)31(19-24-13-15-26(39)16-14-24)42-34(46)25-9-6-5-7-10-25/h5-16,19-20,23H,17-18,22H2,1-4H3,(H,41,47)(H,42,46)(H,43,45)/b31-19+. The van der Waals surface area contributed by atoms with Crippen molar-refractivity contribution in [3.8, 4) is 6.07 Å². The summed E-state index contributed by atoms with van der Waals surface area (Å²) >= 11 is 8.61. The highest BCUT2D eigenvalue weighted by atomic mass is 35.5. The fourth-order valence-electron chi connectivity index (χ4n) is 5.08. The molecule has 0 aliphatic carbocycles. The summed E-state index contributed by atoms with van der Waals surface area (Å²) < 4.78 is 5.52. The third kappa shape index (κ3) is 10.0. The van der Waals surface area contributed by atoms with Gasteiger partial charge in [-0.1, -0.05) is 48.0 Å². The Morgan fingerprint density at radius 3 is 2.43 bits per heavy atom. The predicted molar refractivity (Wildman–Crippen MR) is 202 cm³/mol. The van der Waals surface area contributed by atoms with Gasteiger partial charge in [-0.15, -0.1) is 23.1 Å². The van der Waals surface area contributed by atoms with E-state index in [4.69, 9.17) is 16.3 Å². The molecule has 1 aliphatic rings. The average Bonchev–Trinajstić information content (AvgIpc) is 3.44. The summed E-state index contributed by atoms with van der Waals surface area (Å²) in [4.78, 5) is 55.6. The fraction of sp³-hybridized carbons (Fsp3) is 0.237. The van der Waals surface area contributed by atoms with Crippen molar-refractivity contribution < 1.29 is 23.9 Å². The van der Waals surface area contributed by atoms with Crippen LogP contribution in [0.5, 0.6) is 0 Å². The van der Waals surface area contributed by atoms with Gasteiger partial charge >= 0.3 is 6.09 Å². The first-order chi connectivity index (χ1) is 24.3. The van der Waals surface area contributed by atoms with Gasteiger partial charge in [-0.3, -0.25) is 14.4 Å². The number of nitrogens with zero attached hydrogens (tertiary/aromatic N) is 2. The normalized spacial score (nSPS) is 13.3. The number of hydrogen-bond acceptors (Lipinski definition) is 8. The molecule has 4 amide bonds. The number of thioether (sulfide) groups is 1. The van der Waals surface area contributed by atoms with Crippen LogP contribution in [0, 0.1) is 11.3 Å². The van der Waals surface area contributed by atoms with Gasteiger partial charge in [-0.25, -0.2) is 4.79 Å². The smallest absolute Gasteiger partial charge is 0.410 e. The van der Waals surface area contributed by atoms with E-state index >= 15 is 0 Å². The maximum absolute atomic E-state index is 13.5. The van der Waals surface area contributed by atoms with Crippen LogP contribution in [0.2, 0.25) is 5.02 Å². The molecule has 262 valence electrons. The summed E-state index contributed by atoms with van der Waals surface area (Å²) in [6.45, 7) is 7.90. The van der Waals surface area contributed by atoms with Crippen LogP contribution in [0.15, 0.2) is 89.5 Å². The van der Waals surface area contributed by atoms with Gasteiger partial charge in [0.15, 0.2) is 0 Å². The van der Waals surface area contributed by atoms with Crippen molar-refractivity contribution in [2.24, 2.45) is 0 Å². The zero-order valence-electron chi connectivity index (χ0n) is 28.4. The van der Waals surface area contributed by atoms with Gasteiger partial charge in [0, 0.05) is 32.6 Å². The van der Waals surface area contributed by atoms with Crippen LogP contribution in [0.3, 0.4) is 0 Å². The number of ether oxygens (including phenoxy) is 1. The highest BCUT2D eigenvalue weighted by molar-refractivity contribution is 8.00. The summed E-state index contributed by atoms with van der Waals surface area (Å²) in [7, 11) is 0. The largest absolute Gasteiger partial charge is 0.444 e. The number of anilines is 2. The molecule has 1 aromatic heterocycles. The second-order valence-corrected chi connectivity index (χ2v) is 15.6. The van der Waals surface area contributed by atoms with Crippen LogP contribution >= 0.6 is 34.7 Å². The van der Waals surface area contributed by atoms with E-state index in [1.807, 2.05) is 26.8 Å². The van der Waals surface area contributed by atoms with Crippen molar-refractivity contribution >= 4 is 75.3 Å². The molecule has 0 fully saturated rings. The maximum Gasteiger partial charge on any atom is 0.410 e. The first kappa shape index (κ1) is 37.2. The van der Waals surface area contributed by atoms with E-state index < -0.39 is 28.8 Å². The molecule has 5 rings (SSSR count). The van der Waals surface area contributed by atoms with Gasteiger partial charge in [0.1, 0.15) is 22.4 Å². The molecule has 13 heteroatoms. The van der Waals surface area contributed by atoms with E-state index in [0.29, 0.717) is 56.8 Å². The number of benzene rings is 3. The molecular weight excluding hydrogens is 706 g/mol. The minimum atomic E-state index is -0.624.